The molecule has 0 spiro atoms. The fourth-order valence-corrected chi connectivity index (χ4v) is 2.95. The molecule has 0 N–H and O–H groups in total. The van der Waals surface area contributed by atoms with Crippen molar-refractivity contribution in [2.75, 3.05) is 0 Å². The van der Waals surface area contributed by atoms with E-state index in [0.717, 1.165) is 10.5 Å². The number of amides is 2. The minimum Gasteiger partial charge on any atom is -0.459 e. The van der Waals surface area contributed by atoms with Gasteiger partial charge in [-0.25, -0.2) is 4.79 Å². The van der Waals surface area contributed by atoms with Crippen molar-refractivity contribution in [1.29, 1.82) is 0 Å². The van der Waals surface area contributed by atoms with Crippen LogP contribution in [0.3, 0.4) is 0 Å². The Hall–Kier alpha value is -2.95. The molecule has 1 aliphatic rings. The minimum absolute atomic E-state index is 0.103. The van der Waals surface area contributed by atoms with Crippen molar-refractivity contribution in [3.05, 3.63) is 71.3 Å². The summed E-state index contributed by atoms with van der Waals surface area (Å²) >= 11 is 0. The Morgan fingerprint density at radius 1 is 0.920 bits per heavy atom. The van der Waals surface area contributed by atoms with Gasteiger partial charge in [-0.1, -0.05) is 56.3 Å². The topological polar surface area (TPSA) is 63.7 Å². The number of ether oxygens (including phenoxy) is 1. The lowest BCUT2D eigenvalue weighted by molar-refractivity contribution is -0.151. The van der Waals surface area contributed by atoms with Gasteiger partial charge in [0, 0.05) is 0 Å². The molecule has 3 rings (SSSR count). The van der Waals surface area contributed by atoms with Gasteiger partial charge in [0.1, 0.15) is 12.6 Å². The Balaban J connectivity index is 1.81. The zero-order valence-electron chi connectivity index (χ0n) is 14.1. The first-order chi connectivity index (χ1) is 12.0. The molecule has 0 aromatic heterocycles. The highest BCUT2D eigenvalue weighted by Gasteiger charge is 2.44. The molecule has 0 unspecified atom stereocenters. The number of nitrogens with zero attached hydrogens (tertiary/aromatic N) is 1. The molecule has 2 amide bonds. The van der Waals surface area contributed by atoms with Gasteiger partial charge in [0.2, 0.25) is 0 Å². The molecule has 25 heavy (non-hydrogen) atoms. The highest BCUT2D eigenvalue weighted by Crippen LogP contribution is 2.27. The lowest BCUT2D eigenvalue weighted by Crippen LogP contribution is -2.48. The van der Waals surface area contributed by atoms with E-state index in [9.17, 15) is 14.4 Å². The maximum atomic E-state index is 12.6. The molecule has 1 atom stereocenters. The Morgan fingerprint density at radius 3 is 1.96 bits per heavy atom. The van der Waals surface area contributed by atoms with Crippen molar-refractivity contribution < 1.29 is 19.1 Å². The molecule has 0 aliphatic carbocycles. The van der Waals surface area contributed by atoms with E-state index in [0.29, 0.717) is 11.1 Å². The fraction of sp³-hybridized carbons (Fsp3) is 0.250. The number of rotatable bonds is 5. The molecule has 5 heteroatoms. The first kappa shape index (κ1) is 16.9. The zero-order chi connectivity index (χ0) is 18.0. The van der Waals surface area contributed by atoms with E-state index in [4.69, 9.17) is 4.74 Å². The minimum atomic E-state index is -0.948. The standard InChI is InChI=1S/C20H19NO4/c1-13(2)17(20(24)25-12-14-8-4-3-5-9-14)21-18(22)15-10-6-7-11-16(15)19(21)23/h3-11,13,17H,12H2,1-2H3/t17-/m1/s1. The van der Waals surface area contributed by atoms with Gasteiger partial charge in [0.05, 0.1) is 11.1 Å². The van der Waals surface area contributed by atoms with E-state index in [1.165, 1.54) is 0 Å². The fourth-order valence-electron chi connectivity index (χ4n) is 2.95. The van der Waals surface area contributed by atoms with E-state index >= 15 is 0 Å². The van der Waals surface area contributed by atoms with Crippen LogP contribution in [0.4, 0.5) is 0 Å². The molecular weight excluding hydrogens is 318 g/mol. The Morgan fingerprint density at radius 2 is 1.44 bits per heavy atom. The third kappa shape index (κ3) is 3.18. The molecule has 128 valence electrons. The number of hydrogen-bond acceptors (Lipinski definition) is 4. The second kappa shape index (κ2) is 6.89. The Bertz CT molecular complexity index is 778. The maximum Gasteiger partial charge on any atom is 0.329 e. The van der Waals surface area contributed by atoms with Crippen molar-refractivity contribution in [3.63, 3.8) is 0 Å². The van der Waals surface area contributed by atoms with E-state index in [1.54, 1.807) is 38.1 Å². The van der Waals surface area contributed by atoms with Crippen LogP contribution >= 0.6 is 0 Å². The van der Waals surface area contributed by atoms with Crippen LogP contribution < -0.4 is 0 Å². The van der Waals surface area contributed by atoms with Crippen molar-refractivity contribution >= 4 is 17.8 Å². The molecular formula is C20H19NO4. The van der Waals surface area contributed by atoms with Crippen molar-refractivity contribution in [2.24, 2.45) is 5.92 Å². The second-order valence-corrected chi connectivity index (χ2v) is 6.31. The molecule has 0 radical (unpaired) electrons. The summed E-state index contributed by atoms with van der Waals surface area (Å²) in [6.07, 6.45) is 0. The third-order valence-corrected chi connectivity index (χ3v) is 4.20. The van der Waals surface area contributed by atoms with Gasteiger partial charge in [-0.15, -0.1) is 0 Å². The lowest BCUT2D eigenvalue weighted by atomic mass is 10.0. The van der Waals surface area contributed by atoms with E-state index in [2.05, 4.69) is 0 Å². The number of benzene rings is 2. The van der Waals surface area contributed by atoms with Gasteiger partial charge in [0.15, 0.2) is 0 Å². The molecule has 2 aromatic rings. The molecule has 1 heterocycles. The van der Waals surface area contributed by atoms with Gasteiger partial charge in [-0.2, -0.15) is 0 Å². The quantitative estimate of drug-likeness (QED) is 0.621. The van der Waals surface area contributed by atoms with E-state index in [-0.39, 0.29) is 12.5 Å². The number of carbonyl (C=O) groups is 3. The van der Waals surface area contributed by atoms with E-state index < -0.39 is 23.8 Å². The third-order valence-electron chi connectivity index (χ3n) is 4.20. The number of fused-ring (bicyclic) bond motifs is 1. The largest absolute Gasteiger partial charge is 0.459 e. The number of carbonyl (C=O) groups excluding carboxylic acids is 3. The summed E-state index contributed by atoms with van der Waals surface area (Å²) in [6.45, 7) is 3.68. The second-order valence-electron chi connectivity index (χ2n) is 6.31. The average Bonchev–Trinajstić information content (AvgIpc) is 2.86. The SMILES string of the molecule is CC(C)[C@H](C(=O)OCc1ccccc1)N1C(=O)c2ccccc2C1=O. The van der Waals surface area contributed by atoms with Crippen molar-refractivity contribution in [1.82, 2.24) is 4.90 Å². The summed E-state index contributed by atoms with van der Waals surface area (Å²) in [5, 5.41) is 0. The predicted molar refractivity (Wildman–Crippen MR) is 91.8 cm³/mol. The van der Waals surface area contributed by atoms with E-state index in [1.807, 2.05) is 30.3 Å². The van der Waals surface area contributed by atoms with Gasteiger partial charge in [-0.3, -0.25) is 14.5 Å². The molecule has 1 aliphatic heterocycles. The average molecular weight is 337 g/mol. The molecule has 0 saturated carbocycles. The highest BCUT2D eigenvalue weighted by molar-refractivity contribution is 6.22. The Labute approximate surface area is 146 Å². The van der Waals surface area contributed by atoms with Crippen LogP contribution in [-0.4, -0.2) is 28.7 Å². The normalized spacial score (nSPS) is 14.6. The summed E-state index contributed by atoms with van der Waals surface area (Å²) in [7, 11) is 0. The van der Waals surface area contributed by atoms with Crippen molar-refractivity contribution in [3.8, 4) is 0 Å². The number of hydrogen-bond donors (Lipinski definition) is 0. The molecule has 0 saturated heterocycles. The molecule has 0 fully saturated rings. The number of esters is 1. The van der Waals surface area contributed by atoms with Crippen LogP contribution in [0.25, 0.3) is 0 Å². The summed E-state index contributed by atoms with van der Waals surface area (Å²) in [6, 6.07) is 14.9. The van der Waals surface area contributed by atoms with Crippen LogP contribution in [0.15, 0.2) is 54.6 Å². The van der Waals surface area contributed by atoms with Gasteiger partial charge >= 0.3 is 5.97 Å². The smallest absolute Gasteiger partial charge is 0.329 e. The lowest BCUT2D eigenvalue weighted by Gasteiger charge is -2.27. The zero-order valence-corrected chi connectivity index (χ0v) is 14.1. The summed E-state index contributed by atoms with van der Waals surface area (Å²) < 4.78 is 5.37. The maximum absolute atomic E-state index is 12.6. The van der Waals surface area contributed by atoms with Crippen LogP contribution in [-0.2, 0) is 16.1 Å². The summed E-state index contributed by atoms with van der Waals surface area (Å²) in [5.41, 5.74) is 1.50. The van der Waals surface area contributed by atoms with Crippen LogP contribution in [0.2, 0.25) is 0 Å². The number of imide groups is 1. The van der Waals surface area contributed by atoms with Gasteiger partial charge in [0.25, 0.3) is 11.8 Å². The molecule has 2 aromatic carbocycles. The first-order valence-corrected chi connectivity index (χ1v) is 8.18. The summed E-state index contributed by atoms with van der Waals surface area (Å²) in [5.74, 6) is -1.73. The predicted octanol–water partition coefficient (Wildman–Crippen LogP) is 3.05. The van der Waals surface area contributed by atoms with Gasteiger partial charge in [-0.05, 0) is 23.6 Å². The van der Waals surface area contributed by atoms with Crippen LogP contribution in [0.5, 0.6) is 0 Å². The highest BCUT2D eigenvalue weighted by atomic mass is 16.5. The molecule has 0 bridgehead atoms. The van der Waals surface area contributed by atoms with Crippen LogP contribution in [0, 0.1) is 5.92 Å². The van der Waals surface area contributed by atoms with Gasteiger partial charge < -0.3 is 4.74 Å². The summed E-state index contributed by atoms with van der Waals surface area (Å²) in [4.78, 5) is 38.9. The molecule has 5 nitrogen and oxygen atoms in total. The van der Waals surface area contributed by atoms with Crippen molar-refractivity contribution in [2.45, 2.75) is 26.5 Å². The van der Waals surface area contributed by atoms with Crippen LogP contribution in [0.1, 0.15) is 40.1 Å². The monoisotopic (exact) mass is 337 g/mol. The Kier molecular flexibility index (Phi) is 4.65. The first-order valence-electron chi connectivity index (χ1n) is 8.18.